The fourth-order valence-electron chi connectivity index (χ4n) is 5.29. The van der Waals surface area contributed by atoms with Crippen LogP contribution in [0.2, 0.25) is 0 Å². The molecule has 5 heterocycles. The Morgan fingerprint density at radius 1 is 1.21 bits per heavy atom. The lowest BCUT2D eigenvalue weighted by Gasteiger charge is -2.43. The van der Waals surface area contributed by atoms with Crippen molar-refractivity contribution in [1.82, 2.24) is 19.9 Å². The molecular formula is C30H35N7O. The van der Waals surface area contributed by atoms with E-state index in [1.165, 1.54) is 19.0 Å². The van der Waals surface area contributed by atoms with E-state index in [4.69, 9.17) is 22.1 Å². The van der Waals surface area contributed by atoms with Crippen molar-refractivity contribution in [3.05, 3.63) is 76.7 Å². The number of likely N-dealkylation sites (N-methyl/N-ethyl adjacent to an activating group) is 1. The molecule has 2 fully saturated rings. The van der Waals surface area contributed by atoms with E-state index in [2.05, 4.69) is 50.7 Å². The molecule has 3 aromatic heterocycles. The molecular weight excluding hydrogens is 474 g/mol. The minimum atomic E-state index is -0.0687. The smallest absolute Gasteiger partial charge is 0.247 e. The van der Waals surface area contributed by atoms with Crippen molar-refractivity contribution >= 4 is 17.1 Å². The average molecular weight is 510 g/mol. The van der Waals surface area contributed by atoms with Crippen molar-refractivity contribution in [3.63, 3.8) is 0 Å². The second-order valence-electron chi connectivity index (χ2n) is 9.93. The SMILES string of the molecule is C#CC(=CN)c1ncc(N2CCCC2)cc1-c1ccc(N(CC)CC2CCN2Cc2ccc(=O)[nH]c2)nc1. The minimum absolute atomic E-state index is 0.0687. The highest BCUT2D eigenvalue weighted by molar-refractivity contribution is 5.87. The fourth-order valence-corrected chi connectivity index (χ4v) is 5.29. The van der Waals surface area contributed by atoms with Gasteiger partial charge >= 0.3 is 0 Å². The summed E-state index contributed by atoms with van der Waals surface area (Å²) in [6, 6.07) is 10.3. The maximum Gasteiger partial charge on any atom is 0.247 e. The molecule has 196 valence electrons. The van der Waals surface area contributed by atoms with Crippen molar-refractivity contribution in [1.29, 1.82) is 0 Å². The second kappa shape index (κ2) is 11.5. The molecule has 0 aromatic carbocycles. The van der Waals surface area contributed by atoms with Crippen molar-refractivity contribution < 1.29 is 0 Å². The fraction of sp³-hybridized carbons (Fsp3) is 0.367. The standard InChI is InChI=1S/C30H35N7O/c1-3-23(16-31)30-27(15-26(19-34-30)36-12-5-6-13-36)24-8-9-28(32-18-24)35(4-2)21-25-11-14-37(25)20-22-7-10-29(38)33-17-22/h1,7-10,15-19,25H,4-6,11-14,20-21,31H2,2H3,(H,33,38). The van der Waals surface area contributed by atoms with Gasteiger partial charge in [-0.25, -0.2) is 4.98 Å². The first-order valence-electron chi connectivity index (χ1n) is 13.4. The van der Waals surface area contributed by atoms with Crippen LogP contribution in [0, 0.1) is 12.3 Å². The maximum absolute atomic E-state index is 11.4. The lowest BCUT2D eigenvalue weighted by atomic mass is 10.00. The highest BCUT2D eigenvalue weighted by Crippen LogP contribution is 2.32. The van der Waals surface area contributed by atoms with Gasteiger partial charge in [-0.2, -0.15) is 0 Å². The first-order valence-corrected chi connectivity index (χ1v) is 13.4. The van der Waals surface area contributed by atoms with Crippen LogP contribution in [0.5, 0.6) is 0 Å². The molecule has 0 spiro atoms. The largest absolute Gasteiger partial charge is 0.404 e. The van der Waals surface area contributed by atoms with Crippen molar-refractivity contribution in [2.45, 2.75) is 38.8 Å². The number of rotatable bonds is 9. The Morgan fingerprint density at radius 2 is 2.05 bits per heavy atom. The van der Waals surface area contributed by atoms with E-state index in [1.54, 1.807) is 6.07 Å². The van der Waals surface area contributed by atoms with Crippen LogP contribution >= 0.6 is 0 Å². The number of nitrogens with zero attached hydrogens (tertiary/aromatic N) is 5. The Balaban J connectivity index is 1.34. The molecule has 0 amide bonds. The molecule has 0 aliphatic carbocycles. The van der Waals surface area contributed by atoms with Crippen LogP contribution in [0.25, 0.3) is 16.7 Å². The van der Waals surface area contributed by atoms with Gasteiger partial charge in [-0.3, -0.25) is 14.7 Å². The number of aromatic amines is 1. The number of hydrogen-bond acceptors (Lipinski definition) is 7. The Morgan fingerprint density at radius 3 is 2.66 bits per heavy atom. The topological polar surface area (TPSA) is 94.4 Å². The third kappa shape index (κ3) is 5.43. The summed E-state index contributed by atoms with van der Waals surface area (Å²) in [5, 5.41) is 0. The summed E-state index contributed by atoms with van der Waals surface area (Å²) in [6.45, 7) is 7.90. The number of terminal acetylenes is 1. The zero-order chi connectivity index (χ0) is 26.5. The Kier molecular flexibility index (Phi) is 7.75. The molecule has 2 saturated heterocycles. The summed E-state index contributed by atoms with van der Waals surface area (Å²) in [6.07, 6.45) is 16.3. The van der Waals surface area contributed by atoms with Gasteiger partial charge in [-0.1, -0.05) is 12.0 Å². The van der Waals surface area contributed by atoms with E-state index in [9.17, 15) is 4.79 Å². The van der Waals surface area contributed by atoms with Gasteiger partial charge in [0.2, 0.25) is 5.56 Å². The first kappa shape index (κ1) is 25.6. The van der Waals surface area contributed by atoms with Gasteiger partial charge in [0.25, 0.3) is 0 Å². The van der Waals surface area contributed by atoms with Gasteiger partial charge in [-0.15, -0.1) is 6.42 Å². The van der Waals surface area contributed by atoms with Crippen molar-refractivity contribution in [2.24, 2.45) is 5.73 Å². The molecule has 3 N–H and O–H groups in total. The summed E-state index contributed by atoms with van der Waals surface area (Å²) in [7, 11) is 0. The van der Waals surface area contributed by atoms with Gasteiger partial charge in [0.05, 0.1) is 23.2 Å². The van der Waals surface area contributed by atoms with Crippen molar-refractivity contribution in [2.75, 3.05) is 42.5 Å². The summed E-state index contributed by atoms with van der Waals surface area (Å²) >= 11 is 0. The minimum Gasteiger partial charge on any atom is -0.404 e. The number of hydrogen-bond donors (Lipinski definition) is 2. The van der Waals surface area contributed by atoms with E-state index in [0.717, 1.165) is 73.9 Å². The second-order valence-corrected chi connectivity index (χ2v) is 9.93. The summed E-state index contributed by atoms with van der Waals surface area (Å²) < 4.78 is 0. The first-order chi connectivity index (χ1) is 18.6. The molecule has 38 heavy (non-hydrogen) atoms. The van der Waals surface area contributed by atoms with Crippen LogP contribution in [0.1, 0.15) is 37.4 Å². The van der Waals surface area contributed by atoms with E-state index < -0.39 is 0 Å². The molecule has 0 saturated carbocycles. The quantitative estimate of drug-likeness (QED) is 0.427. The number of H-pyrrole nitrogens is 1. The summed E-state index contributed by atoms with van der Waals surface area (Å²) in [4.78, 5) is 30.9. The number of allylic oxidation sites excluding steroid dienone is 1. The van der Waals surface area contributed by atoms with Crippen LogP contribution < -0.4 is 21.1 Å². The normalized spacial score (nSPS) is 17.7. The third-order valence-corrected chi connectivity index (χ3v) is 7.62. The van der Waals surface area contributed by atoms with Gasteiger partial charge < -0.3 is 20.5 Å². The average Bonchev–Trinajstić information content (AvgIpc) is 3.49. The number of aromatic nitrogens is 3. The van der Waals surface area contributed by atoms with Crippen LogP contribution in [0.15, 0.2) is 59.9 Å². The van der Waals surface area contributed by atoms with Gasteiger partial charge in [-0.05, 0) is 49.9 Å². The molecule has 8 nitrogen and oxygen atoms in total. The van der Waals surface area contributed by atoms with E-state index in [1.807, 2.05) is 24.7 Å². The Hall–Kier alpha value is -4.09. The van der Waals surface area contributed by atoms with E-state index in [0.29, 0.717) is 17.3 Å². The highest BCUT2D eigenvalue weighted by Gasteiger charge is 2.29. The highest BCUT2D eigenvalue weighted by atomic mass is 16.1. The van der Waals surface area contributed by atoms with Crippen LogP contribution in [0.4, 0.5) is 11.5 Å². The molecule has 0 radical (unpaired) electrons. The zero-order valence-electron chi connectivity index (χ0n) is 21.9. The number of nitrogens with one attached hydrogen (secondary N) is 1. The molecule has 3 aromatic rings. The zero-order valence-corrected chi connectivity index (χ0v) is 21.9. The summed E-state index contributed by atoms with van der Waals surface area (Å²) in [5.74, 6) is 3.62. The van der Waals surface area contributed by atoms with Crippen LogP contribution in [-0.2, 0) is 6.54 Å². The monoisotopic (exact) mass is 509 g/mol. The van der Waals surface area contributed by atoms with Gasteiger partial charge in [0.15, 0.2) is 0 Å². The molecule has 5 rings (SSSR count). The molecule has 2 aliphatic heterocycles. The Bertz CT molecular complexity index is 1360. The lowest BCUT2D eigenvalue weighted by molar-refractivity contribution is 0.0864. The van der Waals surface area contributed by atoms with Crippen LogP contribution in [-0.4, -0.2) is 58.6 Å². The van der Waals surface area contributed by atoms with Crippen LogP contribution in [0.3, 0.4) is 0 Å². The predicted molar refractivity (Wildman–Crippen MR) is 154 cm³/mol. The van der Waals surface area contributed by atoms with Gasteiger partial charge in [0.1, 0.15) is 5.82 Å². The van der Waals surface area contributed by atoms with E-state index >= 15 is 0 Å². The third-order valence-electron chi connectivity index (χ3n) is 7.62. The number of anilines is 2. The number of pyridine rings is 3. The molecule has 0 bridgehead atoms. The molecule has 8 heteroatoms. The molecule has 1 unspecified atom stereocenters. The molecule has 2 aliphatic rings. The van der Waals surface area contributed by atoms with Crippen molar-refractivity contribution in [3.8, 4) is 23.5 Å². The van der Waals surface area contributed by atoms with E-state index in [-0.39, 0.29) is 5.56 Å². The lowest BCUT2D eigenvalue weighted by Crippen LogP contribution is -2.53. The predicted octanol–water partition coefficient (Wildman–Crippen LogP) is 3.47. The number of nitrogens with two attached hydrogens (primary N) is 1. The molecule has 1 atom stereocenters. The maximum atomic E-state index is 11.4. The van der Waals surface area contributed by atoms with Gasteiger partial charge in [0, 0.05) is 81.1 Å². The number of likely N-dealkylation sites (tertiary alicyclic amines) is 1. The Labute approximate surface area is 224 Å². The summed E-state index contributed by atoms with van der Waals surface area (Å²) in [5.41, 5.74) is 11.2.